The topological polar surface area (TPSA) is 64.3 Å². The molecule has 0 bridgehead atoms. The van der Waals surface area contributed by atoms with Gasteiger partial charge in [-0.15, -0.1) is 0 Å². The molecule has 0 amide bonds. The van der Waals surface area contributed by atoms with Crippen molar-refractivity contribution in [3.8, 4) is 0 Å². The predicted molar refractivity (Wildman–Crippen MR) is 101 cm³/mol. The minimum atomic E-state index is -0.0418. The molecule has 2 aromatic heterocycles. The van der Waals surface area contributed by atoms with Crippen LogP contribution in [0.15, 0.2) is 59.3 Å². The Balaban J connectivity index is 1.43. The fourth-order valence-corrected chi connectivity index (χ4v) is 3.30. The summed E-state index contributed by atoms with van der Waals surface area (Å²) in [5, 5.41) is 4.17. The molecule has 0 N–H and O–H groups in total. The van der Waals surface area contributed by atoms with Gasteiger partial charge in [0, 0.05) is 25.9 Å². The van der Waals surface area contributed by atoms with Gasteiger partial charge < -0.3 is 9.26 Å². The zero-order valence-corrected chi connectivity index (χ0v) is 15.3. The van der Waals surface area contributed by atoms with Crippen molar-refractivity contribution in [2.75, 3.05) is 13.2 Å². The van der Waals surface area contributed by atoms with Crippen LogP contribution in [0.1, 0.15) is 41.9 Å². The maximum atomic E-state index is 5.64. The van der Waals surface area contributed by atoms with Crippen molar-refractivity contribution in [3.63, 3.8) is 0 Å². The highest BCUT2D eigenvalue weighted by atomic mass is 16.5. The molecule has 1 atom stereocenters. The van der Waals surface area contributed by atoms with E-state index in [4.69, 9.17) is 9.26 Å². The van der Waals surface area contributed by atoms with Gasteiger partial charge in [0.2, 0.25) is 0 Å². The molecule has 0 spiro atoms. The van der Waals surface area contributed by atoms with Crippen molar-refractivity contribution >= 4 is 0 Å². The second-order valence-corrected chi connectivity index (χ2v) is 6.82. The van der Waals surface area contributed by atoms with E-state index in [-0.39, 0.29) is 6.10 Å². The van der Waals surface area contributed by atoms with Gasteiger partial charge in [-0.2, -0.15) is 4.98 Å². The highest BCUT2D eigenvalue weighted by molar-refractivity contribution is 5.15. The molecule has 27 heavy (non-hydrogen) atoms. The molecule has 1 aliphatic heterocycles. The molecule has 140 valence electrons. The number of ether oxygens (including phenoxy) is 1. The summed E-state index contributed by atoms with van der Waals surface area (Å²) in [6, 6.07) is 16.5. The third-order valence-electron chi connectivity index (χ3n) is 4.73. The Morgan fingerprint density at radius 1 is 1.04 bits per heavy atom. The number of aromatic nitrogens is 3. The van der Waals surface area contributed by atoms with Crippen molar-refractivity contribution < 1.29 is 9.26 Å². The molecule has 6 heteroatoms. The molecule has 1 aromatic carbocycles. The second-order valence-electron chi connectivity index (χ2n) is 6.82. The SMILES string of the molecule is c1ccc(CCN(Cc2ccccn2)Cc2noc(C3CCCO3)n2)cc1. The monoisotopic (exact) mass is 364 g/mol. The molecule has 1 fully saturated rings. The van der Waals surface area contributed by atoms with Crippen LogP contribution in [-0.4, -0.2) is 33.2 Å². The van der Waals surface area contributed by atoms with Gasteiger partial charge in [-0.1, -0.05) is 41.6 Å². The van der Waals surface area contributed by atoms with E-state index in [9.17, 15) is 0 Å². The van der Waals surface area contributed by atoms with E-state index < -0.39 is 0 Å². The molecular formula is C21H24N4O2. The van der Waals surface area contributed by atoms with E-state index in [0.29, 0.717) is 18.3 Å². The van der Waals surface area contributed by atoms with Crippen molar-refractivity contribution in [3.05, 3.63) is 77.7 Å². The van der Waals surface area contributed by atoms with Gasteiger partial charge in [0.25, 0.3) is 5.89 Å². The quantitative estimate of drug-likeness (QED) is 0.609. The lowest BCUT2D eigenvalue weighted by molar-refractivity contribution is 0.0835. The van der Waals surface area contributed by atoms with Crippen LogP contribution in [0.2, 0.25) is 0 Å². The average Bonchev–Trinajstić information content (AvgIpc) is 3.40. The maximum Gasteiger partial charge on any atom is 0.255 e. The van der Waals surface area contributed by atoms with E-state index in [2.05, 4.69) is 44.3 Å². The number of nitrogens with zero attached hydrogens (tertiary/aromatic N) is 4. The van der Waals surface area contributed by atoms with E-state index in [0.717, 1.165) is 44.7 Å². The van der Waals surface area contributed by atoms with Gasteiger partial charge in [-0.05, 0) is 37.0 Å². The lowest BCUT2D eigenvalue weighted by Gasteiger charge is -2.20. The molecule has 0 radical (unpaired) electrons. The lowest BCUT2D eigenvalue weighted by atomic mass is 10.1. The van der Waals surface area contributed by atoms with Gasteiger partial charge >= 0.3 is 0 Å². The molecule has 6 nitrogen and oxygen atoms in total. The Labute approximate surface area is 159 Å². The predicted octanol–water partition coefficient (Wildman–Crippen LogP) is 3.56. The molecule has 0 aliphatic carbocycles. The second kappa shape index (κ2) is 8.88. The van der Waals surface area contributed by atoms with Crippen molar-refractivity contribution in [2.45, 2.75) is 38.5 Å². The van der Waals surface area contributed by atoms with Crippen molar-refractivity contribution in [1.29, 1.82) is 0 Å². The van der Waals surface area contributed by atoms with Gasteiger partial charge in [-0.3, -0.25) is 9.88 Å². The minimum Gasteiger partial charge on any atom is -0.368 e. The Kier molecular flexibility index (Phi) is 5.86. The first kappa shape index (κ1) is 17.8. The lowest BCUT2D eigenvalue weighted by Crippen LogP contribution is -2.26. The zero-order chi connectivity index (χ0) is 18.3. The Morgan fingerprint density at radius 2 is 1.93 bits per heavy atom. The summed E-state index contributed by atoms with van der Waals surface area (Å²) in [7, 11) is 0. The summed E-state index contributed by atoms with van der Waals surface area (Å²) in [5.74, 6) is 1.30. The number of benzene rings is 1. The Bertz CT molecular complexity index is 816. The summed E-state index contributed by atoms with van der Waals surface area (Å²) in [4.78, 5) is 11.3. The Morgan fingerprint density at radius 3 is 2.70 bits per heavy atom. The fraction of sp³-hybridized carbons (Fsp3) is 0.381. The summed E-state index contributed by atoms with van der Waals surface area (Å²) in [6.45, 7) is 3.03. The highest BCUT2D eigenvalue weighted by Gasteiger charge is 2.24. The van der Waals surface area contributed by atoms with E-state index >= 15 is 0 Å². The molecule has 3 heterocycles. The molecule has 1 saturated heterocycles. The smallest absolute Gasteiger partial charge is 0.255 e. The van der Waals surface area contributed by atoms with Crippen LogP contribution < -0.4 is 0 Å². The van der Waals surface area contributed by atoms with Crippen LogP contribution in [0.5, 0.6) is 0 Å². The van der Waals surface area contributed by atoms with Gasteiger partial charge in [0.05, 0.1) is 12.2 Å². The summed E-state index contributed by atoms with van der Waals surface area (Å²) in [5.41, 5.74) is 2.35. The maximum absolute atomic E-state index is 5.64. The fourth-order valence-electron chi connectivity index (χ4n) is 3.30. The normalized spacial score (nSPS) is 16.9. The number of pyridine rings is 1. The molecule has 0 saturated carbocycles. The molecule has 4 rings (SSSR count). The largest absolute Gasteiger partial charge is 0.368 e. The first-order valence-electron chi connectivity index (χ1n) is 9.47. The number of hydrogen-bond donors (Lipinski definition) is 0. The van der Waals surface area contributed by atoms with E-state index in [1.54, 1.807) is 0 Å². The van der Waals surface area contributed by atoms with E-state index in [1.807, 2.05) is 30.5 Å². The van der Waals surface area contributed by atoms with Gasteiger partial charge in [0.15, 0.2) is 5.82 Å². The van der Waals surface area contributed by atoms with Crippen molar-refractivity contribution in [1.82, 2.24) is 20.0 Å². The van der Waals surface area contributed by atoms with Crippen LogP contribution >= 0.6 is 0 Å². The van der Waals surface area contributed by atoms with E-state index in [1.165, 1.54) is 5.56 Å². The first-order valence-corrected chi connectivity index (χ1v) is 9.47. The van der Waals surface area contributed by atoms with Crippen LogP contribution in [0, 0.1) is 0 Å². The van der Waals surface area contributed by atoms with Crippen LogP contribution in [-0.2, 0) is 24.2 Å². The third kappa shape index (κ3) is 4.99. The summed E-state index contributed by atoms with van der Waals surface area (Å²) in [6.07, 6.45) is 4.75. The van der Waals surface area contributed by atoms with Gasteiger partial charge in [-0.25, -0.2) is 0 Å². The Hall–Kier alpha value is -2.57. The summed E-state index contributed by atoms with van der Waals surface area (Å²) < 4.78 is 11.1. The third-order valence-corrected chi connectivity index (χ3v) is 4.73. The summed E-state index contributed by atoms with van der Waals surface area (Å²) >= 11 is 0. The number of rotatable bonds is 8. The molecule has 1 unspecified atom stereocenters. The molecular weight excluding hydrogens is 340 g/mol. The number of hydrogen-bond acceptors (Lipinski definition) is 6. The minimum absolute atomic E-state index is 0.0418. The van der Waals surface area contributed by atoms with Crippen LogP contribution in [0.4, 0.5) is 0 Å². The highest BCUT2D eigenvalue weighted by Crippen LogP contribution is 2.27. The molecule has 3 aromatic rings. The molecule has 1 aliphatic rings. The van der Waals surface area contributed by atoms with Crippen LogP contribution in [0.3, 0.4) is 0 Å². The average molecular weight is 364 g/mol. The van der Waals surface area contributed by atoms with Crippen LogP contribution in [0.25, 0.3) is 0 Å². The first-order chi connectivity index (χ1) is 13.4. The zero-order valence-electron chi connectivity index (χ0n) is 15.3. The standard InChI is InChI=1S/C21H24N4O2/c1-2-7-17(8-3-1)11-13-25(15-18-9-4-5-12-22-18)16-20-23-21(27-24-20)19-10-6-14-26-19/h1-5,7-9,12,19H,6,10-11,13-16H2. The van der Waals surface area contributed by atoms with Crippen molar-refractivity contribution in [2.24, 2.45) is 0 Å². The van der Waals surface area contributed by atoms with Gasteiger partial charge in [0.1, 0.15) is 6.10 Å².